The van der Waals surface area contributed by atoms with E-state index >= 15 is 0 Å². The summed E-state index contributed by atoms with van der Waals surface area (Å²) in [4.78, 5) is 0. The lowest BCUT2D eigenvalue weighted by Gasteiger charge is -2.40. The van der Waals surface area contributed by atoms with Crippen LogP contribution in [0.4, 0.5) is 0 Å². The molecule has 3 fully saturated rings. The van der Waals surface area contributed by atoms with Crippen LogP contribution in [0.15, 0.2) is 0 Å². The van der Waals surface area contributed by atoms with Crippen LogP contribution < -0.4 is 0 Å². The smallest absolute Gasteiger partial charge is 0.0240 e. The Hall–Kier alpha value is 0. The van der Waals surface area contributed by atoms with E-state index in [9.17, 15) is 0 Å². The van der Waals surface area contributed by atoms with Crippen molar-refractivity contribution in [2.45, 2.75) is 52.9 Å². The summed E-state index contributed by atoms with van der Waals surface area (Å²) in [5, 5.41) is 0. The number of rotatable bonds is 3. The summed E-state index contributed by atoms with van der Waals surface area (Å²) in [5.74, 6) is 3.37. The fourth-order valence-corrected chi connectivity index (χ4v) is 4.54. The van der Waals surface area contributed by atoms with Gasteiger partial charge in [0.25, 0.3) is 0 Å². The Kier molecular flexibility index (Phi) is 1.37. The van der Waals surface area contributed by atoms with Gasteiger partial charge in [-0.15, -0.1) is 0 Å². The molecule has 0 aromatic carbocycles. The van der Waals surface area contributed by atoms with Crippen molar-refractivity contribution in [1.29, 1.82) is 0 Å². The van der Waals surface area contributed by atoms with Crippen LogP contribution in [-0.4, -0.2) is 0 Å². The quantitative estimate of drug-likeness (QED) is 0.615. The molecule has 0 heteroatoms. The molecule has 0 saturated heterocycles. The molecule has 0 spiro atoms. The van der Waals surface area contributed by atoms with E-state index in [1.54, 1.807) is 19.3 Å². The van der Waals surface area contributed by atoms with Gasteiger partial charge in [-0.2, -0.15) is 0 Å². The zero-order chi connectivity index (χ0) is 9.27. The van der Waals surface area contributed by atoms with Crippen LogP contribution in [0.2, 0.25) is 0 Å². The third-order valence-electron chi connectivity index (χ3n) is 5.97. The lowest BCUT2D eigenvalue weighted by molar-refractivity contribution is 0.0821. The Morgan fingerprint density at radius 3 is 1.92 bits per heavy atom. The number of fused-ring (bicyclic) bond motifs is 1. The maximum atomic E-state index is 2.47. The molecule has 0 amide bonds. The van der Waals surface area contributed by atoms with Crippen LogP contribution in [0.25, 0.3) is 0 Å². The highest BCUT2D eigenvalue weighted by molar-refractivity contribution is 5.22. The van der Waals surface area contributed by atoms with Gasteiger partial charge in [-0.1, -0.05) is 27.2 Å². The predicted octanol–water partition coefficient (Wildman–Crippen LogP) is 3.86. The highest BCUT2D eigenvalue weighted by atomic mass is 14.8. The van der Waals surface area contributed by atoms with Gasteiger partial charge in [0.15, 0.2) is 0 Å². The average Bonchev–Trinajstić information content (AvgIpc) is 2.93. The Morgan fingerprint density at radius 2 is 1.62 bits per heavy atom. The van der Waals surface area contributed by atoms with E-state index in [4.69, 9.17) is 0 Å². The van der Waals surface area contributed by atoms with Crippen molar-refractivity contribution in [3.05, 3.63) is 0 Å². The molecule has 3 rings (SSSR count). The summed E-state index contributed by atoms with van der Waals surface area (Å²) in [6, 6.07) is 0. The maximum absolute atomic E-state index is 2.47. The molecular formula is C13H22. The summed E-state index contributed by atoms with van der Waals surface area (Å²) in [6.45, 7) is 7.28. The third-order valence-corrected chi connectivity index (χ3v) is 5.97. The van der Waals surface area contributed by atoms with Gasteiger partial charge in [0.1, 0.15) is 0 Å². The highest BCUT2D eigenvalue weighted by Gasteiger charge is 2.73. The van der Waals surface area contributed by atoms with Crippen LogP contribution >= 0.6 is 0 Å². The first kappa shape index (κ1) is 8.32. The van der Waals surface area contributed by atoms with Crippen molar-refractivity contribution < 1.29 is 0 Å². The van der Waals surface area contributed by atoms with Crippen molar-refractivity contribution in [3.63, 3.8) is 0 Å². The second kappa shape index (κ2) is 2.15. The fraction of sp³-hybridized carbons (Fsp3) is 1.00. The Labute approximate surface area is 82.1 Å². The third kappa shape index (κ3) is 0.789. The second-order valence-corrected chi connectivity index (χ2v) is 6.03. The molecule has 5 unspecified atom stereocenters. The van der Waals surface area contributed by atoms with E-state index in [1.165, 1.54) is 18.8 Å². The first-order chi connectivity index (χ1) is 6.18. The van der Waals surface area contributed by atoms with Crippen molar-refractivity contribution in [2.24, 2.45) is 28.6 Å². The zero-order valence-corrected chi connectivity index (χ0v) is 9.27. The topological polar surface area (TPSA) is 0 Å². The van der Waals surface area contributed by atoms with Crippen molar-refractivity contribution in [3.8, 4) is 0 Å². The van der Waals surface area contributed by atoms with Gasteiger partial charge < -0.3 is 0 Å². The SMILES string of the molecule is CCC12CC1C(C1(CC)CC1C)C2. The molecule has 0 radical (unpaired) electrons. The molecule has 3 aliphatic carbocycles. The molecule has 0 heterocycles. The molecule has 3 aliphatic rings. The Balaban J connectivity index is 1.71. The van der Waals surface area contributed by atoms with Gasteiger partial charge in [-0.3, -0.25) is 0 Å². The van der Waals surface area contributed by atoms with E-state index < -0.39 is 0 Å². The summed E-state index contributed by atoms with van der Waals surface area (Å²) in [7, 11) is 0. The summed E-state index contributed by atoms with van der Waals surface area (Å²) >= 11 is 0. The molecule has 0 N–H and O–H groups in total. The molecule has 3 saturated carbocycles. The van der Waals surface area contributed by atoms with Gasteiger partial charge in [0.2, 0.25) is 0 Å². The lowest BCUT2D eigenvalue weighted by atomic mass is 9.64. The van der Waals surface area contributed by atoms with Crippen LogP contribution in [-0.2, 0) is 0 Å². The summed E-state index contributed by atoms with van der Waals surface area (Å²) in [6.07, 6.45) is 7.64. The van der Waals surface area contributed by atoms with Gasteiger partial charge >= 0.3 is 0 Å². The van der Waals surface area contributed by atoms with E-state index in [1.807, 2.05) is 0 Å². The van der Waals surface area contributed by atoms with E-state index in [0.29, 0.717) is 0 Å². The van der Waals surface area contributed by atoms with E-state index in [0.717, 1.165) is 22.7 Å². The standard InChI is InChI=1S/C13H22/c1-4-12-7-10(12)11(8-12)13(5-2)6-9(13)3/h9-11H,4-8H2,1-3H3. The van der Waals surface area contributed by atoms with Crippen LogP contribution in [0.1, 0.15) is 52.9 Å². The molecule has 5 atom stereocenters. The van der Waals surface area contributed by atoms with Crippen LogP contribution in [0, 0.1) is 28.6 Å². The predicted molar refractivity (Wildman–Crippen MR) is 55.4 cm³/mol. The minimum absolute atomic E-state index is 0.833. The first-order valence-electron chi connectivity index (χ1n) is 6.18. The monoisotopic (exact) mass is 178 g/mol. The molecule has 0 aliphatic heterocycles. The van der Waals surface area contributed by atoms with Crippen LogP contribution in [0.5, 0.6) is 0 Å². The van der Waals surface area contributed by atoms with Gasteiger partial charge in [0, 0.05) is 0 Å². The van der Waals surface area contributed by atoms with Crippen molar-refractivity contribution in [2.75, 3.05) is 0 Å². The second-order valence-electron chi connectivity index (χ2n) is 6.03. The van der Waals surface area contributed by atoms with Gasteiger partial charge in [0.05, 0.1) is 0 Å². The molecule has 0 aromatic rings. The average molecular weight is 178 g/mol. The highest BCUT2D eigenvalue weighted by Crippen LogP contribution is 2.81. The Morgan fingerprint density at radius 1 is 1.00 bits per heavy atom. The van der Waals surface area contributed by atoms with Gasteiger partial charge in [-0.05, 0) is 54.3 Å². The molecule has 0 aromatic heterocycles. The van der Waals surface area contributed by atoms with Crippen LogP contribution in [0.3, 0.4) is 0 Å². The summed E-state index contributed by atoms with van der Waals surface area (Å²) < 4.78 is 0. The number of hydrogen-bond acceptors (Lipinski definition) is 0. The largest absolute Gasteiger partial charge is 0.0648 e. The minimum Gasteiger partial charge on any atom is -0.0648 e. The molecular weight excluding hydrogens is 156 g/mol. The Bertz CT molecular complexity index is 240. The molecule has 0 nitrogen and oxygen atoms in total. The fourth-order valence-electron chi connectivity index (χ4n) is 4.54. The summed E-state index contributed by atoms with van der Waals surface area (Å²) in [5.41, 5.74) is 1.72. The van der Waals surface area contributed by atoms with Crippen molar-refractivity contribution in [1.82, 2.24) is 0 Å². The molecule has 13 heavy (non-hydrogen) atoms. The molecule has 0 bridgehead atoms. The minimum atomic E-state index is 0.833. The first-order valence-corrected chi connectivity index (χ1v) is 6.18. The zero-order valence-electron chi connectivity index (χ0n) is 9.27. The maximum Gasteiger partial charge on any atom is -0.0240 e. The van der Waals surface area contributed by atoms with E-state index in [2.05, 4.69) is 20.8 Å². The van der Waals surface area contributed by atoms with Gasteiger partial charge in [-0.25, -0.2) is 0 Å². The van der Waals surface area contributed by atoms with Crippen molar-refractivity contribution >= 4 is 0 Å². The normalized spacial score (nSPS) is 62.5. The molecule has 74 valence electrons. The number of hydrogen-bond donors (Lipinski definition) is 0. The lowest BCUT2D eigenvalue weighted by Crippen LogP contribution is -2.33. The van der Waals surface area contributed by atoms with E-state index in [-0.39, 0.29) is 0 Å².